The number of ketones is 1. The third kappa shape index (κ3) is 5.14. The van der Waals surface area contributed by atoms with Gasteiger partial charge in [-0.25, -0.2) is 14.5 Å². The minimum Gasteiger partial charge on any atom is -0.454 e. The van der Waals surface area contributed by atoms with Gasteiger partial charge in [0, 0.05) is 23.7 Å². The number of rotatable bonds is 7. The Bertz CT molecular complexity index is 1050. The summed E-state index contributed by atoms with van der Waals surface area (Å²) in [7, 11) is 0. The molecule has 0 radical (unpaired) electrons. The summed E-state index contributed by atoms with van der Waals surface area (Å²) < 4.78 is 6.80. The average Bonchev–Trinajstić information content (AvgIpc) is 3.30. The number of carbonyl (C=O) groups is 3. The smallest absolute Gasteiger partial charge is 0.340 e. The normalized spacial score (nSPS) is 10.6. The highest BCUT2D eigenvalue weighted by Crippen LogP contribution is 2.17. The third-order valence-corrected chi connectivity index (χ3v) is 5.12. The molecule has 0 unspecified atom stereocenters. The molecule has 0 bridgehead atoms. The van der Waals surface area contributed by atoms with Crippen molar-refractivity contribution in [1.29, 1.82) is 0 Å². The van der Waals surface area contributed by atoms with Crippen LogP contribution in [0.5, 0.6) is 0 Å². The van der Waals surface area contributed by atoms with Gasteiger partial charge in [0.2, 0.25) is 11.7 Å². The fourth-order valence-corrected chi connectivity index (χ4v) is 3.48. The van der Waals surface area contributed by atoms with E-state index in [9.17, 15) is 14.4 Å². The van der Waals surface area contributed by atoms with Gasteiger partial charge in [0.1, 0.15) is 0 Å². The maximum absolute atomic E-state index is 12.2. The van der Waals surface area contributed by atoms with E-state index in [1.165, 1.54) is 24.5 Å². The van der Waals surface area contributed by atoms with Crippen molar-refractivity contribution in [2.45, 2.75) is 27.3 Å². The van der Waals surface area contributed by atoms with Gasteiger partial charge in [-0.3, -0.25) is 9.59 Å². The van der Waals surface area contributed by atoms with Crippen LogP contribution in [0.1, 0.15) is 43.2 Å². The lowest BCUT2D eigenvalue weighted by molar-refractivity contribution is -0.119. The number of nitrogens with zero attached hydrogens (tertiary/aromatic N) is 3. The molecule has 9 heteroatoms. The minimum atomic E-state index is -0.624. The van der Waals surface area contributed by atoms with Gasteiger partial charge >= 0.3 is 5.97 Å². The van der Waals surface area contributed by atoms with Crippen LogP contribution in [0.3, 0.4) is 0 Å². The van der Waals surface area contributed by atoms with Crippen molar-refractivity contribution in [1.82, 2.24) is 20.1 Å². The number of aryl methyl sites for hydroxylation is 2. The van der Waals surface area contributed by atoms with Crippen LogP contribution in [-0.2, 0) is 16.1 Å². The van der Waals surface area contributed by atoms with E-state index in [1.54, 1.807) is 28.9 Å². The lowest BCUT2D eigenvalue weighted by Gasteiger charge is -2.06. The Morgan fingerprint density at radius 3 is 2.59 bits per heavy atom. The Kier molecular flexibility index (Phi) is 6.18. The molecule has 3 rings (SSSR count). The van der Waals surface area contributed by atoms with Gasteiger partial charge in [0.15, 0.2) is 12.4 Å². The van der Waals surface area contributed by atoms with Gasteiger partial charge in [-0.2, -0.15) is 5.10 Å². The zero-order valence-corrected chi connectivity index (χ0v) is 17.1. The molecule has 1 amide bonds. The van der Waals surface area contributed by atoms with Gasteiger partial charge in [-0.05, 0) is 44.2 Å². The molecule has 29 heavy (non-hydrogen) atoms. The maximum atomic E-state index is 12.2. The number of nitrogens with one attached hydrogen (secondary N) is 1. The fourth-order valence-electron chi connectivity index (χ4n) is 2.61. The summed E-state index contributed by atoms with van der Waals surface area (Å²) in [5.74, 6) is -0.475. The van der Waals surface area contributed by atoms with Crippen molar-refractivity contribution < 1.29 is 19.1 Å². The van der Waals surface area contributed by atoms with Gasteiger partial charge in [0.25, 0.3) is 0 Å². The van der Waals surface area contributed by atoms with Crippen LogP contribution in [-0.4, -0.2) is 39.0 Å². The Morgan fingerprint density at radius 1 is 1.17 bits per heavy atom. The lowest BCUT2D eigenvalue weighted by atomic mass is 10.3. The van der Waals surface area contributed by atoms with Crippen LogP contribution in [0, 0.1) is 13.8 Å². The van der Waals surface area contributed by atoms with Gasteiger partial charge in [-0.15, -0.1) is 11.3 Å². The van der Waals surface area contributed by atoms with Crippen molar-refractivity contribution in [3.63, 3.8) is 0 Å². The summed E-state index contributed by atoms with van der Waals surface area (Å²) in [6, 6.07) is 8.61. The number of Topliss-reactive ketones (excluding diaryl/α,β-unsaturated/α-hetero) is 1. The molecule has 8 nitrogen and oxygen atoms in total. The molecule has 0 fully saturated rings. The predicted molar refractivity (Wildman–Crippen MR) is 107 cm³/mol. The van der Waals surface area contributed by atoms with Crippen molar-refractivity contribution in [2.75, 3.05) is 6.61 Å². The standard InChI is InChI=1S/C20H20N4O4S/c1-12-8-13(2)24(23-12)19-7-4-15(9-22-19)20(27)28-11-17(26)18-6-5-16(29-18)10-21-14(3)25/h4-9H,10-11H2,1-3H3,(H,21,25). The van der Waals surface area contributed by atoms with Gasteiger partial charge < -0.3 is 10.1 Å². The van der Waals surface area contributed by atoms with Crippen LogP contribution < -0.4 is 5.32 Å². The van der Waals surface area contributed by atoms with Crippen LogP contribution in [0.15, 0.2) is 36.5 Å². The number of hydrogen-bond acceptors (Lipinski definition) is 7. The minimum absolute atomic E-state index is 0.141. The monoisotopic (exact) mass is 412 g/mol. The molecule has 0 saturated heterocycles. The topological polar surface area (TPSA) is 103 Å². The summed E-state index contributed by atoms with van der Waals surface area (Å²) in [6.45, 7) is 5.24. The van der Waals surface area contributed by atoms with Crippen LogP contribution in [0.4, 0.5) is 0 Å². The Hall–Kier alpha value is -3.33. The van der Waals surface area contributed by atoms with Crippen molar-refractivity contribution in [3.05, 3.63) is 63.2 Å². The van der Waals surface area contributed by atoms with Crippen LogP contribution >= 0.6 is 11.3 Å². The SMILES string of the molecule is CC(=O)NCc1ccc(C(=O)COC(=O)c2ccc(-n3nc(C)cc3C)nc2)s1. The number of pyridine rings is 1. The van der Waals surface area contributed by atoms with E-state index in [1.807, 2.05) is 19.9 Å². The largest absolute Gasteiger partial charge is 0.454 e. The number of hydrogen-bond donors (Lipinski definition) is 1. The number of ether oxygens (including phenoxy) is 1. The quantitative estimate of drug-likeness (QED) is 0.473. The molecule has 0 saturated carbocycles. The summed E-state index contributed by atoms with van der Waals surface area (Å²) in [4.78, 5) is 40.9. The first-order valence-electron chi connectivity index (χ1n) is 8.86. The summed E-state index contributed by atoms with van der Waals surface area (Å²) in [6.07, 6.45) is 1.40. The summed E-state index contributed by atoms with van der Waals surface area (Å²) in [5.41, 5.74) is 2.06. The first kappa shape index (κ1) is 20.4. The molecular formula is C20H20N4O4S. The number of amides is 1. The summed E-state index contributed by atoms with van der Waals surface area (Å²) in [5, 5.41) is 7.01. The van der Waals surface area contributed by atoms with Crippen molar-refractivity contribution >= 4 is 29.0 Å². The first-order chi connectivity index (χ1) is 13.8. The molecule has 0 spiro atoms. The Balaban J connectivity index is 1.57. The second-order valence-electron chi connectivity index (χ2n) is 6.42. The highest BCUT2D eigenvalue weighted by atomic mass is 32.1. The molecule has 3 aromatic heterocycles. The average molecular weight is 412 g/mol. The van der Waals surface area contributed by atoms with Crippen LogP contribution in [0.2, 0.25) is 0 Å². The highest BCUT2D eigenvalue weighted by Gasteiger charge is 2.15. The van der Waals surface area contributed by atoms with E-state index in [4.69, 9.17) is 4.74 Å². The van der Waals surface area contributed by atoms with Gasteiger partial charge in [0.05, 0.1) is 22.7 Å². The zero-order chi connectivity index (χ0) is 21.0. The Morgan fingerprint density at radius 2 is 1.97 bits per heavy atom. The zero-order valence-electron chi connectivity index (χ0n) is 16.3. The van der Waals surface area contributed by atoms with E-state index < -0.39 is 5.97 Å². The molecule has 0 aliphatic heterocycles. The van der Waals surface area contributed by atoms with E-state index in [2.05, 4.69) is 15.4 Å². The highest BCUT2D eigenvalue weighted by molar-refractivity contribution is 7.14. The molecule has 0 aliphatic carbocycles. The van der Waals surface area contributed by atoms with Gasteiger partial charge in [-0.1, -0.05) is 0 Å². The van der Waals surface area contributed by atoms with E-state index in [0.29, 0.717) is 17.2 Å². The van der Waals surface area contributed by atoms with E-state index in [-0.39, 0.29) is 23.9 Å². The van der Waals surface area contributed by atoms with Crippen LogP contribution in [0.25, 0.3) is 5.82 Å². The maximum Gasteiger partial charge on any atom is 0.340 e. The summed E-state index contributed by atoms with van der Waals surface area (Å²) >= 11 is 1.26. The molecule has 3 aromatic rings. The van der Waals surface area contributed by atoms with Crippen molar-refractivity contribution in [2.24, 2.45) is 0 Å². The lowest BCUT2D eigenvalue weighted by Crippen LogP contribution is -2.18. The molecule has 3 heterocycles. The fraction of sp³-hybridized carbons (Fsp3) is 0.250. The number of esters is 1. The molecule has 1 N–H and O–H groups in total. The second-order valence-corrected chi connectivity index (χ2v) is 7.59. The number of aromatic nitrogens is 3. The molecule has 0 atom stereocenters. The van der Waals surface area contributed by atoms with E-state index in [0.717, 1.165) is 16.3 Å². The third-order valence-electron chi connectivity index (χ3n) is 3.99. The first-order valence-corrected chi connectivity index (χ1v) is 9.68. The molecule has 150 valence electrons. The molecular weight excluding hydrogens is 392 g/mol. The Labute approximate surface area is 171 Å². The number of thiophene rings is 1. The molecule has 0 aromatic carbocycles. The predicted octanol–water partition coefficient (Wildman–Crippen LogP) is 2.62. The number of carbonyl (C=O) groups excluding carboxylic acids is 3. The van der Waals surface area contributed by atoms with E-state index >= 15 is 0 Å². The molecule has 0 aliphatic rings. The van der Waals surface area contributed by atoms with Crippen molar-refractivity contribution in [3.8, 4) is 5.82 Å². The second kappa shape index (κ2) is 8.78.